The Morgan fingerprint density at radius 2 is 1.71 bits per heavy atom. The Labute approximate surface area is 173 Å². The monoisotopic (exact) mass is 462 g/mol. The second-order valence-electron chi connectivity index (χ2n) is 6.58. The Morgan fingerprint density at radius 3 is 2.32 bits per heavy atom. The number of carbonyl (C=O) groups excluding carboxylic acids is 1. The fourth-order valence-electron chi connectivity index (χ4n) is 2.86. The number of halogens is 1. The van der Waals surface area contributed by atoms with E-state index < -0.39 is 40.7 Å². The van der Waals surface area contributed by atoms with Gasteiger partial charge in [-0.25, -0.2) is 21.8 Å². The first-order valence-electron chi connectivity index (χ1n) is 8.60. The van der Waals surface area contributed by atoms with Gasteiger partial charge < -0.3 is 4.90 Å². The van der Waals surface area contributed by atoms with E-state index in [2.05, 4.69) is 4.98 Å². The first-order chi connectivity index (χ1) is 13.1. The molecule has 1 amide bonds. The van der Waals surface area contributed by atoms with E-state index in [-0.39, 0.29) is 9.23 Å². The van der Waals surface area contributed by atoms with E-state index in [1.807, 2.05) is 6.92 Å². The molecule has 0 unspecified atom stereocenters. The molecule has 1 aliphatic heterocycles. The van der Waals surface area contributed by atoms with Crippen LogP contribution >= 0.6 is 22.9 Å². The van der Waals surface area contributed by atoms with Crippen LogP contribution in [0.2, 0.25) is 4.34 Å². The van der Waals surface area contributed by atoms with E-state index in [1.54, 1.807) is 12.1 Å². The Balaban J connectivity index is 1.88. The predicted molar refractivity (Wildman–Crippen MR) is 106 cm³/mol. The summed E-state index contributed by atoms with van der Waals surface area (Å²) in [6.07, 6.45) is 2.69. The maximum absolute atomic E-state index is 12.8. The van der Waals surface area contributed by atoms with Crippen molar-refractivity contribution in [3.8, 4) is 0 Å². The molecule has 28 heavy (non-hydrogen) atoms. The molecule has 0 aliphatic carbocycles. The fraction of sp³-hybridized carbons (Fsp3) is 0.412. The number of nitrogens with zero attached hydrogens (tertiary/aromatic N) is 2. The SMILES string of the molecule is Cc1ccc(S(=O)(=O)c2nc(S(=O)(=O)CC(=O)N3CCCCC3)sc2Cl)cc1. The molecule has 2 aromatic rings. The van der Waals surface area contributed by atoms with Gasteiger partial charge in [-0.05, 0) is 38.3 Å². The fourth-order valence-corrected chi connectivity index (χ4v) is 7.49. The quantitative estimate of drug-likeness (QED) is 0.677. The average Bonchev–Trinajstić information content (AvgIpc) is 3.06. The number of aryl methyl sites for hydroxylation is 1. The Hall–Kier alpha value is -1.49. The zero-order valence-electron chi connectivity index (χ0n) is 15.1. The normalized spacial score (nSPS) is 15.6. The van der Waals surface area contributed by atoms with Crippen LogP contribution in [-0.2, 0) is 24.5 Å². The molecule has 0 N–H and O–H groups in total. The van der Waals surface area contributed by atoms with Crippen LogP contribution < -0.4 is 0 Å². The maximum atomic E-state index is 12.8. The van der Waals surface area contributed by atoms with Crippen molar-refractivity contribution in [3.05, 3.63) is 34.2 Å². The van der Waals surface area contributed by atoms with E-state index in [0.717, 1.165) is 24.8 Å². The zero-order valence-corrected chi connectivity index (χ0v) is 18.3. The molecule has 1 aromatic heterocycles. The number of carbonyl (C=O) groups is 1. The molecule has 2 heterocycles. The molecule has 1 aromatic carbocycles. The van der Waals surface area contributed by atoms with Gasteiger partial charge in [0.25, 0.3) is 0 Å². The number of benzene rings is 1. The van der Waals surface area contributed by atoms with Crippen LogP contribution in [-0.4, -0.2) is 51.5 Å². The van der Waals surface area contributed by atoms with Crippen molar-refractivity contribution < 1.29 is 21.6 Å². The number of thiazole rings is 1. The summed E-state index contributed by atoms with van der Waals surface area (Å²) in [5.41, 5.74) is 0.878. The van der Waals surface area contributed by atoms with Gasteiger partial charge in [-0.3, -0.25) is 4.79 Å². The van der Waals surface area contributed by atoms with Gasteiger partial charge in [-0.2, -0.15) is 0 Å². The average molecular weight is 463 g/mol. The summed E-state index contributed by atoms with van der Waals surface area (Å²) in [5.74, 6) is -1.25. The summed E-state index contributed by atoms with van der Waals surface area (Å²) in [6.45, 7) is 2.87. The molecule has 1 fully saturated rings. The van der Waals surface area contributed by atoms with Crippen molar-refractivity contribution in [2.75, 3.05) is 18.8 Å². The summed E-state index contributed by atoms with van der Waals surface area (Å²) in [4.78, 5) is 17.6. The van der Waals surface area contributed by atoms with Gasteiger partial charge in [0.2, 0.25) is 29.9 Å². The molecule has 1 aliphatic rings. The highest BCUT2D eigenvalue weighted by Crippen LogP contribution is 2.34. The molecule has 1 saturated heterocycles. The summed E-state index contributed by atoms with van der Waals surface area (Å²) in [7, 11) is -8.16. The maximum Gasteiger partial charge on any atom is 0.238 e. The third-order valence-corrected chi connectivity index (χ3v) is 9.66. The minimum atomic E-state index is -4.09. The second-order valence-corrected chi connectivity index (χ2v) is 12.2. The summed E-state index contributed by atoms with van der Waals surface area (Å²) >= 11 is 6.57. The number of hydrogen-bond acceptors (Lipinski definition) is 7. The van der Waals surface area contributed by atoms with Crippen molar-refractivity contribution in [3.63, 3.8) is 0 Å². The predicted octanol–water partition coefficient (Wildman–Crippen LogP) is 2.72. The molecular weight excluding hydrogens is 444 g/mol. The van der Waals surface area contributed by atoms with E-state index in [9.17, 15) is 21.6 Å². The first kappa shape index (κ1) is 21.2. The summed E-state index contributed by atoms with van der Waals surface area (Å²) < 4.78 is 50.0. The standard InChI is InChI=1S/C17H19ClN2O5S3/c1-12-5-7-13(8-6-12)28(24,25)16-15(18)26-17(19-16)27(22,23)11-14(21)20-9-3-2-4-10-20/h5-8H,2-4,9-11H2,1H3. The molecule has 0 bridgehead atoms. The molecule has 0 saturated carbocycles. The molecule has 3 rings (SSSR count). The number of amides is 1. The molecule has 152 valence electrons. The van der Waals surface area contributed by atoms with Gasteiger partial charge in [0.05, 0.1) is 4.90 Å². The highest BCUT2D eigenvalue weighted by Gasteiger charge is 2.32. The molecule has 0 atom stereocenters. The highest BCUT2D eigenvalue weighted by atomic mass is 35.5. The lowest BCUT2D eigenvalue weighted by atomic mass is 10.1. The van der Waals surface area contributed by atoms with Gasteiger partial charge >= 0.3 is 0 Å². The topological polar surface area (TPSA) is 101 Å². The van der Waals surface area contributed by atoms with Crippen LogP contribution in [0.4, 0.5) is 0 Å². The van der Waals surface area contributed by atoms with E-state index in [1.165, 1.54) is 17.0 Å². The molecule has 0 radical (unpaired) electrons. The zero-order chi connectivity index (χ0) is 20.5. The number of hydrogen-bond donors (Lipinski definition) is 0. The van der Waals surface area contributed by atoms with Crippen LogP contribution in [0.15, 0.2) is 38.5 Å². The van der Waals surface area contributed by atoms with Gasteiger partial charge in [-0.15, -0.1) is 0 Å². The molecule has 0 spiro atoms. The third-order valence-electron chi connectivity index (χ3n) is 4.41. The minimum Gasteiger partial charge on any atom is -0.342 e. The Bertz CT molecular complexity index is 1090. The number of aromatic nitrogens is 1. The lowest BCUT2D eigenvalue weighted by Crippen LogP contribution is -2.39. The van der Waals surface area contributed by atoms with Crippen LogP contribution in [0.3, 0.4) is 0 Å². The summed E-state index contributed by atoms with van der Waals surface area (Å²) in [5, 5.41) is -0.507. The van der Waals surface area contributed by atoms with Gasteiger partial charge in [0, 0.05) is 13.1 Å². The first-order valence-corrected chi connectivity index (χ1v) is 12.9. The Kier molecular flexibility index (Phi) is 6.14. The van der Waals surface area contributed by atoms with E-state index in [0.29, 0.717) is 24.4 Å². The van der Waals surface area contributed by atoms with Crippen LogP contribution in [0.25, 0.3) is 0 Å². The third kappa shape index (κ3) is 4.40. The van der Waals surface area contributed by atoms with Crippen molar-refractivity contribution in [2.24, 2.45) is 0 Å². The number of piperidine rings is 1. The van der Waals surface area contributed by atoms with E-state index >= 15 is 0 Å². The van der Waals surface area contributed by atoms with Crippen molar-refractivity contribution in [2.45, 2.75) is 40.4 Å². The van der Waals surface area contributed by atoms with Crippen molar-refractivity contribution in [1.29, 1.82) is 0 Å². The smallest absolute Gasteiger partial charge is 0.238 e. The highest BCUT2D eigenvalue weighted by molar-refractivity contribution is 7.94. The van der Waals surface area contributed by atoms with Crippen molar-refractivity contribution >= 4 is 48.5 Å². The number of sulfone groups is 2. The van der Waals surface area contributed by atoms with Gasteiger partial charge in [-0.1, -0.05) is 40.6 Å². The lowest BCUT2D eigenvalue weighted by Gasteiger charge is -2.26. The lowest BCUT2D eigenvalue weighted by molar-refractivity contribution is -0.129. The molecule has 7 nitrogen and oxygen atoms in total. The number of rotatable bonds is 5. The number of likely N-dealkylation sites (tertiary alicyclic amines) is 1. The van der Waals surface area contributed by atoms with Gasteiger partial charge in [0.1, 0.15) is 10.1 Å². The van der Waals surface area contributed by atoms with E-state index in [4.69, 9.17) is 11.6 Å². The Morgan fingerprint density at radius 1 is 1.11 bits per heavy atom. The minimum absolute atomic E-state index is 0.0290. The molecular formula is C17H19ClN2O5S3. The molecule has 11 heteroatoms. The summed E-state index contributed by atoms with van der Waals surface area (Å²) in [6, 6.07) is 6.08. The van der Waals surface area contributed by atoms with Crippen LogP contribution in [0.1, 0.15) is 24.8 Å². The van der Waals surface area contributed by atoms with Crippen molar-refractivity contribution in [1.82, 2.24) is 9.88 Å². The van der Waals surface area contributed by atoms with Gasteiger partial charge in [0.15, 0.2) is 5.03 Å². The largest absolute Gasteiger partial charge is 0.342 e. The van der Waals surface area contributed by atoms with Crippen LogP contribution in [0.5, 0.6) is 0 Å². The second kappa shape index (κ2) is 8.10. The van der Waals surface area contributed by atoms with Crippen LogP contribution in [0, 0.1) is 6.92 Å².